The Kier molecular flexibility index (Phi) is 4.00. The highest BCUT2D eigenvalue weighted by atomic mass is 16.5. The van der Waals surface area contributed by atoms with Crippen LogP contribution in [-0.4, -0.2) is 12.6 Å². The van der Waals surface area contributed by atoms with Crippen molar-refractivity contribution in [1.29, 1.82) is 0 Å². The summed E-state index contributed by atoms with van der Waals surface area (Å²) in [5.74, 6) is 1.02. The van der Waals surface area contributed by atoms with Gasteiger partial charge in [0.2, 0.25) is 0 Å². The molecule has 1 rings (SSSR count). The Morgan fingerprint density at radius 3 is 2.92 bits per heavy atom. The van der Waals surface area contributed by atoms with Crippen molar-refractivity contribution >= 4 is 5.97 Å². The van der Waals surface area contributed by atoms with Crippen LogP contribution in [0.1, 0.15) is 33.1 Å². The van der Waals surface area contributed by atoms with E-state index >= 15 is 0 Å². The number of carbonyl (C=O) groups is 1. The monoisotopic (exact) mass is 182 g/mol. The van der Waals surface area contributed by atoms with Gasteiger partial charge in [-0.05, 0) is 18.8 Å². The molecule has 2 atom stereocenters. The van der Waals surface area contributed by atoms with Crippen LogP contribution in [-0.2, 0) is 9.53 Å². The number of ether oxygens (including phenoxy) is 1. The molecule has 1 aliphatic rings. The van der Waals surface area contributed by atoms with E-state index in [1.807, 2.05) is 6.92 Å². The van der Waals surface area contributed by atoms with E-state index in [2.05, 4.69) is 19.1 Å². The van der Waals surface area contributed by atoms with Crippen LogP contribution in [0.4, 0.5) is 0 Å². The summed E-state index contributed by atoms with van der Waals surface area (Å²) in [5, 5.41) is 0. The van der Waals surface area contributed by atoms with Crippen LogP contribution in [0.25, 0.3) is 0 Å². The lowest BCUT2D eigenvalue weighted by atomic mass is 9.99. The predicted molar refractivity (Wildman–Crippen MR) is 52.3 cm³/mol. The summed E-state index contributed by atoms with van der Waals surface area (Å²) >= 11 is 0. The molecule has 0 aliphatic heterocycles. The average Bonchev–Trinajstić information content (AvgIpc) is 2.48. The molecule has 0 radical (unpaired) electrons. The fourth-order valence-corrected chi connectivity index (χ4v) is 1.54. The number of carbonyl (C=O) groups excluding carboxylic acids is 1. The standard InChI is InChI=1S/C11H18O2/c1-3-5-11(12)13-8-10-7-4-6-9(10)2/h4,6,9-10H,3,5,7-8H2,1-2H3. The highest BCUT2D eigenvalue weighted by Crippen LogP contribution is 2.24. The van der Waals surface area contributed by atoms with E-state index < -0.39 is 0 Å². The molecule has 2 heteroatoms. The van der Waals surface area contributed by atoms with Crippen LogP contribution in [0.5, 0.6) is 0 Å². The molecule has 1 aliphatic carbocycles. The Bertz CT molecular complexity index is 196. The molecule has 0 saturated heterocycles. The molecule has 0 fully saturated rings. The molecule has 0 spiro atoms. The van der Waals surface area contributed by atoms with Crippen LogP contribution >= 0.6 is 0 Å². The first-order valence-corrected chi connectivity index (χ1v) is 5.06. The van der Waals surface area contributed by atoms with Gasteiger partial charge in [0.15, 0.2) is 0 Å². The van der Waals surface area contributed by atoms with Gasteiger partial charge in [-0.1, -0.05) is 26.0 Å². The van der Waals surface area contributed by atoms with Gasteiger partial charge in [-0.3, -0.25) is 4.79 Å². The Hall–Kier alpha value is -0.790. The van der Waals surface area contributed by atoms with Gasteiger partial charge in [-0.25, -0.2) is 0 Å². The third-order valence-electron chi connectivity index (χ3n) is 2.53. The molecular weight excluding hydrogens is 164 g/mol. The largest absolute Gasteiger partial charge is 0.465 e. The van der Waals surface area contributed by atoms with Gasteiger partial charge < -0.3 is 4.74 Å². The van der Waals surface area contributed by atoms with Crippen molar-refractivity contribution in [2.75, 3.05) is 6.61 Å². The van der Waals surface area contributed by atoms with Gasteiger partial charge >= 0.3 is 5.97 Å². The molecule has 0 saturated carbocycles. The lowest BCUT2D eigenvalue weighted by molar-refractivity contribution is -0.145. The third kappa shape index (κ3) is 3.21. The minimum atomic E-state index is -0.0541. The second-order valence-corrected chi connectivity index (χ2v) is 3.72. The maximum Gasteiger partial charge on any atom is 0.305 e. The second kappa shape index (κ2) is 5.05. The number of allylic oxidation sites excluding steroid dienone is 2. The quantitative estimate of drug-likeness (QED) is 0.493. The molecule has 0 aromatic rings. The van der Waals surface area contributed by atoms with Crippen LogP contribution in [0.15, 0.2) is 12.2 Å². The van der Waals surface area contributed by atoms with E-state index in [0.717, 1.165) is 12.8 Å². The summed E-state index contributed by atoms with van der Waals surface area (Å²) in [6, 6.07) is 0. The van der Waals surface area contributed by atoms with E-state index in [1.54, 1.807) is 0 Å². The summed E-state index contributed by atoms with van der Waals surface area (Å²) in [6.07, 6.45) is 6.84. The normalized spacial score (nSPS) is 26.3. The third-order valence-corrected chi connectivity index (χ3v) is 2.53. The molecule has 0 bridgehead atoms. The minimum absolute atomic E-state index is 0.0541. The predicted octanol–water partition coefficient (Wildman–Crippen LogP) is 2.54. The lowest BCUT2D eigenvalue weighted by Crippen LogP contribution is -2.16. The molecule has 2 unspecified atom stereocenters. The van der Waals surface area contributed by atoms with Crippen molar-refractivity contribution in [3.05, 3.63) is 12.2 Å². The van der Waals surface area contributed by atoms with Crippen molar-refractivity contribution in [3.8, 4) is 0 Å². The van der Waals surface area contributed by atoms with Crippen molar-refractivity contribution in [2.24, 2.45) is 11.8 Å². The fraction of sp³-hybridized carbons (Fsp3) is 0.727. The van der Waals surface area contributed by atoms with Crippen LogP contribution < -0.4 is 0 Å². The SMILES string of the molecule is CCCC(=O)OCC1CC=CC1C. The Labute approximate surface area is 80.0 Å². The van der Waals surface area contributed by atoms with E-state index in [0.29, 0.717) is 24.9 Å². The van der Waals surface area contributed by atoms with Crippen LogP contribution in [0.3, 0.4) is 0 Å². The molecule has 0 aromatic carbocycles. The highest BCUT2D eigenvalue weighted by molar-refractivity contribution is 5.69. The molecule has 0 heterocycles. The average molecular weight is 182 g/mol. The van der Waals surface area contributed by atoms with E-state index in [4.69, 9.17) is 4.74 Å². The van der Waals surface area contributed by atoms with Gasteiger partial charge in [0, 0.05) is 12.3 Å². The summed E-state index contributed by atoms with van der Waals surface area (Å²) in [4.78, 5) is 11.1. The number of esters is 1. The van der Waals surface area contributed by atoms with Gasteiger partial charge in [0.1, 0.15) is 0 Å². The first kappa shape index (κ1) is 10.3. The van der Waals surface area contributed by atoms with Crippen molar-refractivity contribution in [3.63, 3.8) is 0 Å². The molecule has 0 amide bonds. The lowest BCUT2D eigenvalue weighted by Gasteiger charge is -2.14. The van der Waals surface area contributed by atoms with Crippen molar-refractivity contribution < 1.29 is 9.53 Å². The van der Waals surface area contributed by atoms with Crippen LogP contribution in [0, 0.1) is 11.8 Å². The van der Waals surface area contributed by atoms with E-state index in [1.165, 1.54) is 0 Å². The molecular formula is C11H18O2. The topological polar surface area (TPSA) is 26.3 Å². The second-order valence-electron chi connectivity index (χ2n) is 3.72. The zero-order valence-corrected chi connectivity index (χ0v) is 8.45. The summed E-state index contributed by atoms with van der Waals surface area (Å²) in [5.41, 5.74) is 0. The molecule has 0 aromatic heterocycles. The summed E-state index contributed by atoms with van der Waals surface area (Å²) < 4.78 is 5.16. The Morgan fingerprint density at radius 1 is 1.62 bits per heavy atom. The first-order valence-electron chi connectivity index (χ1n) is 5.06. The summed E-state index contributed by atoms with van der Waals surface area (Å²) in [7, 11) is 0. The van der Waals surface area contributed by atoms with Gasteiger partial charge in [0.25, 0.3) is 0 Å². The van der Waals surface area contributed by atoms with Crippen molar-refractivity contribution in [2.45, 2.75) is 33.1 Å². The van der Waals surface area contributed by atoms with Gasteiger partial charge in [-0.15, -0.1) is 0 Å². The van der Waals surface area contributed by atoms with Gasteiger partial charge in [-0.2, -0.15) is 0 Å². The van der Waals surface area contributed by atoms with Gasteiger partial charge in [0.05, 0.1) is 6.61 Å². The van der Waals surface area contributed by atoms with E-state index in [-0.39, 0.29) is 5.97 Å². The summed E-state index contributed by atoms with van der Waals surface area (Å²) in [6.45, 7) is 4.75. The zero-order chi connectivity index (χ0) is 9.68. The molecule has 2 nitrogen and oxygen atoms in total. The number of hydrogen-bond donors (Lipinski definition) is 0. The number of hydrogen-bond acceptors (Lipinski definition) is 2. The fourth-order valence-electron chi connectivity index (χ4n) is 1.54. The highest BCUT2D eigenvalue weighted by Gasteiger charge is 2.19. The molecule has 13 heavy (non-hydrogen) atoms. The maximum absolute atomic E-state index is 11.1. The van der Waals surface area contributed by atoms with Crippen LogP contribution in [0.2, 0.25) is 0 Å². The Morgan fingerprint density at radius 2 is 2.38 bits per heavy atom. The number of rotatable bonds is 4. The smallest absolute Gasteiger partial charge is 0.305 e. The Balaban J connectivity index is 2.15. The molecule has 0 N–H and O–H groups in total. The zero-order valence-electron chi connectivity index (χ0n) is 8.45. The first-order chi connectivity index (χ1) is 6.24. The molecule has 74 valence electrons. The van der Waals surface area contributed by atoms with Crippen molar-refractivity contribution in [1.82, 2.24) is 0 Å². The van der Waals surface area contributed by atoms with E-state index in [9.17, 15) is 4.79 Å². The minimum Gasteiger partial charge on any atom is -0.465 e. The maximum atomic E-state index is 11.1.